The van der Waals surface area contributed by atoms with Crippen molar-refractivity contribution < 1.29 is 9.53 Å². The molecule has 4 heteroatoms. The van der Waals surface area contributed by atoms with Gasteiger partial charge in [-0.15, -0.1) is 0 Å². The van der Waals surface area contributed by atoms with E-state index >= 15 is 0 Å². The molecule has 0 heterocycles. The first-order valence-corrected chi connectivity index (χ1v) is 6.86. The van der Waals surface area contributed by atoms with Crippen molar-refractivity contribution in [1.82, 2.24) is 5.32 Å². The standard InChI is InChI=1S/C12H24BrNO2/c1-9(2)6-10(7-13)14-11(15)8-16-12(3,4)5/h9-10H,6-8H2,1-5H3,(H,14,15). The molecule has 0 aliphatic heterocycles. The third-order valence-corrected chi connectivity index (χ3v) is 2.73. The fraction of sp³-hybridized carbons (Fsp3) is 0.917. The van der Waals surface area contributed by atoms with Gasteiger partial charge in [-0.25, -0.2) is 0 Å². The number of carbonyl (C=O) groups is 1. The lowest BCUT2D eigenvalue weighted by molar-refractivity contribution is -0.131. The van der Waals surface area contributed by atoms with Crippen LogP contribution in [0.15, 0.2) is 0 Å². The van der Waals surface area contributed by atoms with Crippen LogP contribution in [0.3, 0.4) is 0 Å². The number of nitrogens with one attached hydrogen (secondary N) is 1. The number of alkyl halides is 1. The maximum atomic E-state index is 11.6. The van der Waals surface area contributed by atoms with Gasteiger partial charge >= 0.3 is 0 Å². The second-order valence-corrected chi connectivity index (χ2v) is 6.10. The molecule has 1 N–H and O–H groups in total. The van der Waals surface area contributed by atoms with Crippen LogP contribution in [0.4, 0.5) is 0 Å². The lowest BCUT2D eigenvalue weighted by Gasteiger charge is -2.22. The minimum absolute atomic E-state index is 0.0416. The average Bonchev–Trinajstić information content (AvgIpc) is 2.12. The molecule has 16 heavy (non-hydrogen) atoms. The fourth-order valence-electron chi connectivity index (χ4n) is 1.28. The molecule has 0 bridgehead atoms. The van der Waals surface area contributed by atoms with Crippen LogP contribution in [-0.4, -0.2) is 29.5 Å². The largest absolute Gasteiger partial charge is 0.366 e. The highest BCUT2D eigenvalue weighted by Crippen LogP contribution is 2.08. The Morgan fingerprint density at radius 3 is 2.31 bits per heavy atom. The Labute approximate surface area is 107 Å². The summed E-state index contributed by atoms with van der Waals surface area (Å²) in [6, 6.07) is 0.191. The molecule has 96 valence electrons. The zero-order valence-electron chi connectivity index (χ0n) is 11.0. The van der Waals surface area contributed by atoms with Crippen molar-refractivity contribution in [2.24, 2.45) is 5.92 Å². The first-order chi connectivity index (χ1) is 7.24. The van der Waals surface area contributed by atoms with Gasteiger partial charge in [-0.2, -0.15) is 0 Å². The molecule has 0 fully saturated rings. The van der Waals surface area contributed by atoms with E-state index < -0.39 is 0 Å². The van der Waals surface area contributed by atoms with Gasteiger partial charge in [-0.1, -0.05) is 29.8 Å². The maximum absolute atomic E-state index is 11.6. The van der Waals surface area contributed by atoms with Gasteiger partial charge in [0.25, 0.3) is 0 Å². The third-order valence-electron chi connectivity index (χ3n) is 1.94. The number of ether oxygens (including phenoxy) is 1. The number of rotatable bonds is 6. The number of carbonyl (C=O) groups excluding carboxylic acids is 1. The summed E-state index contributed by atoms with van der Waals surface area (Å²) in [7, 11) is 0. The zero-order chi connectivity index (χ0) is 12.8. The van der Waals surface area contributed by atoms with Gasteiger partial charge < -0.3 is 10.1 Å². The topological polar surface area (TPSA) is 38.3 Å². The monoisotopic (exact) mass is 293 g/mol. The van der Waals surface area contributed by atoms with Crippen LogP contribution >= 0.6 is 15.9 Å². The average molecular weight is 294 g/mol. The zero-order valence-corrected chi connectivity index (χ0v) is 12.6. The van der Waals surface area contributed by atoms with Gasteiger partial charge in [-0.3, -0.25) is 4.79 Å². The molecule has 1 unspecified atom stereocenters. The van der Waals surface area contributed by atoms with Crippen LogP contribution in [0.25, 0.3) is 0 Å². The van der Waals surface area contributed by atoms with Crippen molar-refractivity contribution in [3.8, 4) is 0 Å². The van der Waals surface area contributed by atoms with E-state index in [4.69, 9.17) is 4.74 Å². The third kappa shape index (κ3) is 9.16. The Balaban J connectivity index is 3.92. The van der Waals surface area contributed by atoms with Gasteiger partial charge in [0, 0.05) is 11.4 Å². The lowest BCUT2D eigenvalue weighted by Crippen LogP contribution is -2.40. The molecule has 0 aliphatic carbocycles. The number of amides is 1. The highest BCUT2D eigenvalue weighted by atomic mass is 79.9. The van der Waals surface area contributed by atoms with E-state index in [1.807, 2.05) is 20.8 Å². The summed E-state index contributed by atoms with van der Waals surface area (Å²) in [5, 5.41) is 3.74. The van der Waals surface area contributed by atoms with E-state index in [1.165, 1.54) is 0 Å². The quantitative estimate of drug-likeness (QED) is 0.765. The minimum Gasteiger partial charge on any atom is -0.366 e. The van der Waals surface area contributed by atoms with E-state index in [-0.39, 0.29) is 24.2 Å². The first-order valence-electron chi connectivity index (χ1n) is 5.74. The van der Waals surface area contributed by atoms with Crippen molar-refractivity contribution in [1.29, 1.82) is 0 Å². The van der Waals surface area contributed by atoms with E-state index in [1.54, 1.807) is 0 Å². The van der Waals surface area contributed by atoms with Crippen molar-refractivity contribution in [3.05, 3.63) is 0 Å². The highest BCUT2D eigenvalue weighted by molar-refractivity contribution is 9.09. The summed E-state index contributed by atoms with van der Waals surface area (Å²) in [6.45, 7) is 10.2. The molecule has 3 nitrogen and oxygen atoms in total. The van der Waals surface area contributed by atoms with Gasteiger partial charge in [0.15, 0.2) is 0 Å². The maximum Gasteiger partial charge on any atom is 0.246 e. The predicted octanol–water partition coefficient (Wildman–Crippen LogP) is 2.73. The van der Waals surface area contributed by atoms with Gasteiger partial charge in [0.2, 0.25) is 5.91 Å². The SMILES string of the molecule is CC(C)CC(CBr)NC(=O)COC(C)(C)C. The van der Waals surface area contributed by atoms with Gasteiger partial charge in [-0.05, 0) is 33.1 Å². The molecule has 0 aromatic rings. The van der Waals surface area contributed by atoms with E-state index in [2.05, 4.69) is 35.1 Å². The Bertz CT molecular complexity index is 212. The van der Waals surface area contributed by atoms with Crippen LogP contribution in [0.5, 0.6) is 0 Å². The summed E-state index contributed by atoms with van der Waals surface area (Å²) < 4.78 is 5.41. The number of halogens is 1. The van der Waals surface area contributed by atoms with Gasteiger partial charge in [0.05, 0.1) is 5.60 Å². The molecular weight excluding hydrogens is 270 g/mol. The molecule has 1 amide bonds. The van der Waals surface area contributed by atoms with Crippen LogP contribution in [0.2, 0.25) is 0 Å². The predicted molar refractivity (Wildman–Crippen MR) is 70.9 cm³/mol. The molecule has 0 saturated heterocycles. The fourth-order valence-corrected chi connectivity index (χ4v) is 1.71. The smallest absolute Gasteiger partial charge is 0.246 e. The van der Waals surface area contributed by atoms with Crippen molar-refractivity contribution >= 4 is 21.8 Å². The van der Waals surface area contributed by atoms with Crippen molar-refractivity contribution in [3.63, 3.8) is 0 Å². The van der Waals surface area contributed by atoms with Crippen LogP contribution in [0.1, 0.15) is 41.0 Å². The van der Waals surface area contributed by atoms with E-state index in [9.17, 15) is 4.79 Å². The lowest BCUT2D eigenvalue weighted by atomic mass is 10.1. The van der Waals surface area contributed by atoms with Gasteiger partial charge in [0.1, 0.15) is 6.61 Å². The molecule has 0 saturated carbocycles. The Morgan fingerprint density at radius 1 is 1.38 bits per heavy atom. The van der Waals surface area contributed by atoms with E-state index in [0.29, 0.717) is 5.92 Å². The molecule has 0 spiro atoms. The Morgan fingerprint density at radius 2 is 1.94 bits per heavy atom. The Kier molecular flexibility index (Phi) is 7.24. The van der Waals surface area contributed by atoms with Crippen LogP contribution < -0.4 is 5.32 Å². The minimum atomic E-state index is -0.265. The summed E-state index contributed by atoms with van der Waals surface area (Å²) in [5.41, 5.74) is -0.265. The summed E-state index contributed by atoms with van der Waals surface area (Å²) in [4.78, 5) is 11.6. The van der Waals surface area contributed by atoms with Crippen molar-refractivity contribution in [2.75, 3.05) is 11.9 Å². The molecule has 1 atom stereocenters. The Hall–Kier alpha value is -0.0900. The number of hydrogen-bond acceptors (Lipinski definition) is 2. The molecular formula is C12H24BrNO2. The second kappa shape index (κ2) is 7.28. The summed E-state index contributed by atoms with van der Waals surface area (Å²) >= 11 is 3.41. The number of hydrogen-bond donors (Lipinski definition) is 1. The van der Waals surface area contributed by atoms with Crippen LogP contribution in [-0.2, 0) is 9.53 Å². The summed E-state index contributed by atoms with van der Waals surface area (Å²) in [5.74, 6) is 0.534. The molecule has 0 aromatic carbocycles. The second-order valence-electron chi connectivity index (χ2n) is 5.45. The van der Waals surface area contributed by atoms with E-state index in [0.717, 1.165) is 11.8 Å². The molecule has 0 rings (SSSR count). The molecule has 0 radical (unpaired) electrons. The van der Waals surface area contributed by atoms with Crippen LogP contribution in [0, 0.1) is 5.92 Å². The highest BCUT2D eigenvalue weighted by Gasteiger charge is 2.16. The first kappa shape index (κ1) is 15.9. The molecule has 0 aromatic heterocycles. The normalized spacial score (nSPS) is 13.9. The van der Waals surface area contributed by atoms with Crippen molar-refractivity contribution in [2.45, 2.75) is 52.7 Å². The molecule has 0 aliphatic rings. The summed E-state index contributed by atoms with van der Waals surface area (Å²) in [6.07, 6.45) is 0.979.